The van der Waals surface area contributed by atoms with E-state index in [2.05, 4.69) is 5.32 Å². The van der Waals surface area contributed by atoms with Gasteiger partial charge >= 0.3 is 6.03 Å². The van der Waals surface area contributed by atoms with Crippen LogP contribution in [-0.4, -0.2) is 37.1 Å². The van der Waals surface area contributed by atoms with E-state index in [1.54, 1.807) is 6.92 Å². The summed E-state index contributed by atoms with van der Waals surface area (Å²) >= 11 is 5.47. The zero-order chi connectivity index (χ0) is 14.6. The van der Waals surface area contributed by atoms with E-state index in [-0.39, 0.29) is 18.1 Å². The quantitative estimate of drug-likeness (QED) is 0.689. The highest BCUT2D eigenvalue weighted by Crippen LogP contribution is 2.20. The molecule has 0 fully saturated rings. The summed E-state index contributed by atoms with van der Waals surface area (Å²) in [5.74, 6) is -1.26. The van der Waals surface area contributed by atoms with Crippen LogP contribution in [0.3, 0.4) is 0 Å². The summed E-state index contributed by atoms with van der Waals surface area (Å²) in [5.41, 5.74) is 5.19. The Kier molecular flexibility index (Phi) is 5.19. The number of carbonyl (C=O) groups is 2. The van der Waals surface area contributed by atoms with Crippen molar-refractivity contribution in [3.63, 3.8) is 0 Å². The molecule has 7 nitrogen and oxygen atoms in total. The van der Waals surface area contributed by atoms with Crippen LogP contribution < -0.4 is 11.1 Å². The minimum absolute atomic E-state index is 0.00515. The second kappa shape index (κ2) is 6.25. The van der Waals surface area contributed by atoms with Crippen molar-refractivity contribution in [3.8, 4) is 0 Å². The number of primary amides is 1. The van der Waals surface area contributed by atoms with Gasteiger partial charge in [-0.2, -0.15) is 0 Å². The van der Waals surface area contributed by atoms with E-state index in [9.17, 15) is 18.0 Å². The second-order valence-electron chi connectivity index (χ2n) is 4.03. The molecular weight excluding hydrogens is 294 g/mol. The maximum Gasteiger partial charge on any atom is 0.335 e. The molecule has 108 valence electrons. The highest BCUT2D eigenvalue weighted by molar-refractivity contribution is 7.92. The van der Waals surface area contributed by atoms with Crippen molar-refractivity contribution >= 4 is 33.6 Å². The number of alkyl halides is 1. The van der Waals surface area contributed by atoms with Crippen molar-refractivity contribution in [3.05, 3.63) is 11.1 Å². The van der Waals surface area contributed by atoms with Crippen LogP contribution in [0.25, 0.3) is 0 Å². The van der Waals surface area contributed by atoms with Gasteiger partial charge < -0.3 is 11.1 Å². The molecule has 0 aromatic carbocycles. The normalized spacial score (nSPS) is 19.6. The van der Waals surface area contributed by atoms with Gasteiger partial charge in [0.25, 0.3) is 10.0 Å². The summed E-state index contributed by atoms with van der Waals surface area (Å²) in [6.07, 6.45) is 0.656. The average Bonchev–Trinajstić information content (AvgIpc) is 2.27. The van der Waals surface area contributed by atoms with Crippen molar-refractivity contribution in [2.75, 3.05) is 12.4 Å². The van der Waals surface area contributed by atoms with E-state index >= 15 is 0 Å². The van der Waals surface area contributed by atoms with Gasteiger partial charge in [0.2, 0.25) is 5.91 Å². The Morgan fingerprint density at radius 3 is 2.63 bits per heavy atom. The topological polar surface area (TPSA) is 110 Å². The number of amides is 3. The molecule has 9 heteroatoms. The van der Waals surface area contributed by atoms with E-state index < -0.39 is 27.9 Å². The molecule has 1 aliphatic heterocycles. The smallest absolute Gasteiger partial charge is 0.335 e. The van der Waals surface area contributed by atoms with Crippen molar-refractivity contribution in [2.24, 2.45) is 11.7 Å². The van der Waals surface area contributed by atoms with E-state index in [1.807, 2.05) is 0 Å². The first-order valence-corrected chi connectivity index (χ1v) is 7.77. The van der Waals surface area contributed by atoms with Gasteiger partial charge in [0.1, 0.15) is 0 Å². The molecule has 0 spiro atoms. The van der Waals surface area contributed by atoms with E-state index in [4.69, 9.17) is 17.3 Å². The number of hydrogen-bond acceptors (Lipinski definition) is 4. The van der Waals surface area contributed by atoms with E-state index in [0.29, 0.717) is 17.1 Å². The van der Waals surface area contributed by atoms with Gasteiger partial charge in [-0.1, -0.05) is 6.92 Å². The highest BCUT2D eigenvalue weighted by atomic mass is 35.5. The molecule has 0 aliphatic carbocycles. The van der Waals surface area contributed by atoms with Crippen LogP contribution in [0.4, 0.5) is 4.79 Å². The summed E-state index contributed by atoms with van der Waals surface area (Å²) < 4.78 is 24.6. The SMILES string of the molecule is CCC(C(N)=O)C1=CS(=O)(=O)N(CCCCl)C(=O)N1. The summed E-state index contributed by atoms with van der Waals surface area (Å²) in [7, 11) is -3.89. The number of rotatable bonds is 6. The standard InChI is InChI=1S/C10H16ClN3O4S/c1-2-7(9(12)15)8-6-19(17,18)14(5-3-4-11)10(16)13-8/h6-7H,2-5H2,1H3,(H2,12,15)(H,13,16). The third-order valence-corrected chi connectivity index (χ3v) is 4.46. The van der Waals surface area contributed by atoms with Crippen LogP contribution in [0.1, 0.15) is 19.8 Å². The molecule has 0 saturated carbocycles. The predicted octanol–water partition coefficient (Wildman–Crippen LogP) is 0.323. The maximum absolute atomic E-state index is 11.9. The largest absolute Gasteiger partial charge is 0.369 e. The first-order chi connectivity index (χ1) is 8.83. The molecule has 1 unspecified atom stereocenters. The predicted molar refractivity (Wildman–Crippen MR) is 70.6 cm³/mol. The number of nitrogens with one attached hydrogen (secondary N) is 1. The summed E-state index contributed by atoms with van der Waals surface area (Å²) in [6, 6.07) is -0.790. The van der Waals surface area contributed by atoms with Gasteiger partial charge in [0.15, 0.2) is 0 Å². The lowest BCUT2D eigenvalue weighted by molar-refractivity contribution is -0.120. The maximum atomic E-state index is 11.9. The van der Waals surface area contributed by atoms with Crippen molar-refractivity contribution in [1.82, 2.24) is 9.62 Å². The summed E-state index contributed by atoms with van der Waals surface area (Å²) in [6.45, 7) is 1.67. The van der Waals surface area contributed by atoms with Gasteiger partial charge in [0, 0.05) is 18.1 Å². The lowest BCUT2D eigenvalue weighted by Gasteiger charge is -2.28. The first-order valence-electron chi connectivity index (χ1n) is 5.74. The molecule has 3 N–H and O–H groups in total. The molecule has 3 amide bonds. The van der Waals surface area contributed by atoms with E-state index in [1.165, 1.54) is 0 Å². The number of urea groups is 1. The molecule has 19 heavy (non-hydrogen) atoms. The molecule has 0 aromatic heterocycles. The molecular formula is C10H16ClN3O4S. The number of carbonyl (C=O) groups excluding carboxylic acids is 2. The Morgan fingerprint density at radius 1 is 1.58 bits per heavy atom. The fourth-order valence-electron chi connectivity index (χ4n) is 1.73. The molecule has 1 atom stereocenters. The fraction of sp³-hybridized carbons (Fsp3) is 0.600. The Hall–Kier alpha value is -1.28. The Balaban J connectivity index is 3.06. The summed E-state index contributed by atoms with van der Waals surface area (Å²) in [4.78, 5) is 23.0. The second-order valence-corrected chi connectivity index (χ2v) is 6.11. The highest BCUT2D eigenvalue weighted by Gasteiger charge is 2.34. The third-order valence-electron chi connectivity index (χ3n) is 2.68. The van der Waals surface area contributed by atoms with Gasteiger partial charge in [0.05, 0.1) is 11.3 Å². The van der Waals surface area contributed by atoms with Crippen LogP contribution in [0.2, 0.25) is 0 Å². The number of hydrogen-bond donors (Lipinski definition) is 2. The molecule has 0 aromatic rings. The zero-order valence-corrected chi connectivity index (χ0v) is 12.0. The van der Waals surface area contributed by atoms with Crippen LogP contribution in [-0.2, 0) is 14.8 Å². The molecule has 1 rings (SSSR count). The van der Waals surface area contributed by atoms with Gasteiger partial charge in [-0.3, -0.25) is 4.79 Å². The van der Waals surface area contributed by atoms with Gasteiger partial charge in [-0.05, 0) is 12.8 Å². The zero-order valence-electron chi connectivity index (χ0n) is 10.4. The van der Waals surface area contributed by atoms with E-state index in [0.717, 1.165) is 5.41 Å². The van der Waals surface area contributed by atoms with Gasteiger partial charge in [-0.25, -0.2) is 17.5 Å². The summed E-state index contributed by atoms with van der Waals surface area (Å²) in [5, 5.41) is 3.26. The molecule has 0 saturated heterocycles. The van der Waals surface area contributed by atoms with Crippen LogP contribution >= 0.6 is 11.6 Å². The fourth-order valence-corrected chi connectivity index (χ4v) is 3.18. The van der Waals surface area contributed by atoms with Crippen molar-refractivity contribution < 1.29 is 18.0 Å². The molecule has 1 heterocycles. The lowest BCUT2D eigenvalue weighted by atomic mass is 10.0. The lowest BCUT2D eigenvalue weighted by Crippen LogP contribution is -2.49. The first kappa shape index (κ1) is 15.8. The molecule has 0 radical (unpaired) electrons. The number of nitrogens with two attached hydrogens (primary N) is 1. The Morgan fingerprint density at radius 2 is 2.21 bits per heavy atom. The number of sulfonamides is 1. The molecule has 0 bridgehead atoms. The Labute approximate surface area is 116 Å². The average molecular weight is 310 g/mol. The minimum atomic E-state index is -3.89. The third kappa shape index (κ3) is 3.60. The minimum Gasteiger partial charge on any atom is -0.369 e. The number of halogens is 1. The monoisotopic (exact) mass is 309 g/mol. The number of nitrogens with zero attached hydrogens (tertiary/aromatic N) is 1. The van der Waals surface area contributed by atoms with Crippen LogP contribution in [0.15, 0.2) is 11.1 Å². The van der Waals surface area contributed by atoms with Gasteiger partial charge in [-0.15, -0.1) is 11.6 Å². The van der Waals surface area contributed by atoms with Crippen molar-refractivity contribution in [2.45, 2.75) is 19.8 Å². The van der Waals surface area contributed by atoms with Crippen LogP contribution in [0, 0.1) is 5.92 Å². The molecule has 1 aliphatic rings. The van der Waals surface area contributed by atoms with Crippen LogP contribution in [0.5, 0.6) is 0 Å². The van der Waals surface area contributed by atoms with Crippen molar-refractivity contribution in [1.29, 1.82) is 0 Å². The Bertz CT molecular complexity index is 503.